The number of esters is 1. The number of carbonyl (C=O) groups excluding carboxylic acids is 1. The number of nitrogens with two attached hydrogens (primary N) is 1. The quantitative estimate of drug-likeness (QED) is 0.643. The highest BCUT2D eigenvalue weighted by Gasteiger charge is 2.19. The molecule has 2 aromatic carbocycles. The number of anilines is 5. The fourth-order valence-corrected chi connectivity index (χ4v) is 2.79. The predicted molar refractivity (Wildman–Crippen MR) is 107 cm³/mol. The van der Waals surface area contributed by atoms with Gasteiger partial charge < -0.3 is 20.7 Å². The van der Waals surface area contributed by atoms with Crippen LogP contribution in [0.25, 0.3) is 0 Å². The van der Waals surface area contributed by atoms with Gasteiger partial charge >= 0.3 is 5.97 Å². The van der Waals surface area contributed by atoms with E-state index in [9.17, 15) is 4.79 Å². The van der Waals surface area contributed by atoms with Gasteiger partial charge in [-0.15, -0.1) is 0 Å². The summed E-state index contributed by atoms with van der Waals surface area (Å²) < 4.78 is 4.85. The number of carbonyl (C=O) groups is 1. The number of methoxy groups -OCH3 is 1. The molecule has 0 atom stereocenters. The largest absolute Gasteiger partial charge is 0.465 e. The second-order valence-electron chi connectivity index (χ2n) is 5.63. The van der Waals surface area contributed by atoms with E-state index < -0.39 is 5.97 Å². The highest BCUT2D eigenvalue weighted by molar-refractivity contribution is 6.33. The van der Waals surface area contributed by atoms with Crippen LogP contribution in [0.5, 0.6) is 0 Å². The lowest BCUT2D eigenvalue weighted by molar-refractivity contribution is 0.0601. The molecule has 0 saturated carbocycles. The summed E-state index contributed by atoms with van der Waals surface area (Å²) in [6.45, 7) is 0. The summed E-state index contributed by atoms with van der Waals surface area (Å²) in [5.74, 6) is 0.408. The molecule has 1 aromatic heterocycles. The van der Waals surface area contributed by atoms with Gasteiger partial charge in [0.15, 0.2) is 11.6 Å². The zero-order valence-corrected chi connectivity index (χ0v) is 15.6. The normalized spacial score (nSPS) is 10.3. The summed E-state index contributed by atoms with van der Waals surface area (Å²) in [5, 5.41) is 3.65. The minimum absolute atomic E-state index is 0.319. The minimum Gasteiger partial charge on any atom is -0.465 e. The standard InChI is InChI=1S/C19H18ClN5O2/c1-25(15-10-6-3-7-12(15)19(26)27-2)18-16(21)17(22-11-23-18)24-14-9-5-4-8-13(14)20/h3-11H,21H2,1-2H3,(H,22,23,24). The number of nitrogens with one attached hydrogen (secondary N) is 1. The molecule has 3 aromatic rings. The highest BCUT2D eigenvalue weighted by Crippen LogP contribution is 2.34. The Morgan fingerprint density at radius 1 is 1.15 bits per heavy atom. The topological polar surface area (TPSA) is 93.4 Å². The van der Waals surface area contributed by atoms with Crippen molar-refractivity contribution in [1.82, 2.24) is 9.97 Å². The van der Waals surface area contributed by atoms with Crippen molar-refractivity contribution in [2.75, 3.05) is 30.1 Å². The van der Waals surface area contributed by atoms with Crippen LogP contribution in [-0.2, 0) is 4.74 Å². The maximum atomic E-state index is 12.1. The van der Waals surface area contributed by atoms with Gasteiger partial charge in [-0.3, -0.25) is 0 Å². The third-order valence-corrected chi connectivity index (χ3v) is 4.31. The fourth-order valence-electron chi connectivity index (χ4n) is 2.61. The maximum Gasteiger partial charge on any atom is 0.339 e. The van der Waals surface area contributed by atoms with E-state index in [0.717, 1.165) is 0 Å². The molecule has 3 N–H and O–H groups in total. The Hall–Kier alpha value is -3.32. The third-order valence-electron chi connectivity index (χ3n) is 3.98. The van der Waals surface area contributed by atoms with Crippen molar-refractivity contribution in [3.63, 3.8) is 0 Å². The van der Waals surface area contributed by atoms with E-state index in [0.29, 0.717) is 39.3 Å². The maximum absolute atomic E-state index is 12.1. The van der Waals surface area contributed by atoms with Gasteiger partial charge in [0, 0.05) is 7.05 Å². The second kappa shape index (κ2) is 7.92. The molecule has 0 spiro atoms. The Morgan fingerprint density at radius 2 is 1.85 bits per heavy atom. The first kappa shape index (κ1) is 18.5. The molecule has 0 radical (unpaired) electrons. The molecule has 1 heterocycles. The van der Waals surface area contributed by atoms with Gasteiger partial charge in [0.05, 0.1) is 29.1 Å². The Morgan fingerprint density at radius 3 is 2.59 bits per heavy atom. The SMILES string of the molecule is COC(=O)c1ccccc1N(C)c1ncnc(Nc2ccccc2Cl)c1N. The van der Waals surface area contributed by atoms with Crippen molar-refractivity contribution in [3.8, 4) is 0 Å². The Labute approximate surface area is 161 Å². The van der Waals surface area contributed by atoms with Crippen LogP contribution < -0.4 is 16.0 Å². The summed E-state index contributed by atoms with van der Waals surface area (Å²) >= 11 is 6.19. The first-order valence-corrected chi connectivity index (χ1v) is 8.43. The van der Waals surface area contributed by atoms with Crippen LogP contribution in [0.3, 0.4) is 0 Å². The van der Waals surface area contributed by atoms with Gasteiger partial charge in [-0.2, -0.15) is 0 Å². The van der Waals surface area contributed by atoms with E-state index in [1.807, 2.05) is 24.3 Å². The monoisotopic (exact) mass is 383 g/mol. The first-order valence-electron chi connectivity index (χ1n) is 8.06. The minimum atomic E-state index is -0.445. The number of aromatic nitrogens is 2. The Bertz CT molecular complexity index is 980. The lowest BCUT2D eigenvalue weighted by Crippen LogP contribution is -2.18. The van der Waals surface area contributed by atoms with Crippen LogP contribution >= 0.6 is 11.6 Å². The molecule has 0 fully saturated rings. The van der Waals surface area contributed by atoms with Gasteiger partial charge in [0.2, 0.25) is 0 Å². The molecule has 0 amide bonds. The van der Waals surface area contributed by atoms with Crippen molar-refractivity contribution in [2.45, 2.75) is 0 Å². The number of halogens is 1. The van der Waals surface area contributed by atoms with Gasteiger partial charge in [0.25, 0.3) is 0 Å². The zero-order chi connectivity index (χ0) is 19.4. The molecule has 0 aliphatic carbocycles. The number of hydrogen-bond donors (Lipinski definition) is 2. The van der Waals surface area contributed by atoms with Gasteiger partial charge in [-0.05, 0) is 24.3 Å². The van der Waals surface area contributed by atoms with Crippen molar-refractivity contribution in [1.29, 1.82) is 0 Å². The lowest BCUT2D eigenvalue weighted by Gasteiger charge is -2.23. The molecule has 7 nitrogen and oxygen atoms in total. The molecule has 0 bridgehead atoms. The lowest BCUT2D eigenvalue weighted by atomic mass is 10.1. The van der Waals surface area contributed by atoms with Crippen LogP contribution in [0, 0.1) is 0 Å². The first-order chi connectivity index (χ1) is 13.0. The molecule has 0 saturated heterocycles. The van der Waals surface area contributed by atoms with Crippen LogP contribution in [0.2, 0.25) is 5.02 Å². The molecule has 138 valence electrons. The number of para-hydroxylation sites is 2. The molecule has 27 heavy (non-hydrogen) atoms. The summed E-state index contributed by atoms with van der Waals surface area (Å²) in [6.07, 6.45) is 1.39. The average molecular weight is 384 g/mol. The second-order valence-corrected chi connectivity index (χ2v) is 6.04. The zero-order valence-electron chi connectivity index (χ0n) is 14.8. The van der Waals surface area contributed by atoms with E-state index in [2.05, 4.69) is 15.3 Å². The third kappa shape index (κ3) is 3.78. The molecule has 3 rings (SSSR count). The van der Waals surface area contributed by atoms with Gasteiger partial charge in [-0.25, -0.2) is 14.8 Å². The van der Waals surface area contributed by atoms with E-state index in [-0.39, 0.29) is 0 Å². The molecule has 0 aliphatic heterocycles. The number of rotatable bonds is 5. The summed E-state index contributed by atoms with van der Waals surface area (Å²) in [4.78, 5) is 22.2. The van der Waals surface area contributed by atoms with Crippen molar-refractivity contribution in [3.05, 3.63) is 65.4 Å². The molecule has 0 aliphatic rings. The fraction of sp³-hybridized carbons (Fsp3) is 0.105. The van der Waals surface area contributed by atoms with E-state index >= 15 is 0 Å². The number of benzene rings is 2. The van der Waals surface area contributed by atoms with E-state index in [1.165, 1.54) is 13.4 Å². The van der Waals surface area contributed by atoms with Crippen LogP contribution in [0.15, 0.2) is 54.9 Å². The number of nitrogen functional groups attached to an aromatic ring is 1. The number of ether oxygens (including phenoxy) is 1. The van der Waals surface area contributed by atoms with Crippen molar-refractivity contribution < 1.29 is 9.53 Å². The van der Waals surface area contributed by atoms with Crippen LogP contribution in [0.1, 0.15) is 10.4 Å². The van der Waals surface area contributed by atoms with E-state index in [1.54, 1.807) is 36.2 Å². The van der Waals surface area contributed by atoms with Crippen LogP contribution in [0.4, 0.5) is 28.7 Å². The molecule has 0 unspecified atom stereocenters. The molecular formula is C19H18ClN5O2. The van der Waals surface area contributed by atoms with E-state index in [4.69, 9.17) is 22.1 Å². The highest BCUT2D eigenvalue weighted by atomic mass is 35.5. The Kier molecular flexibility index (Phi) is 5.42. The predicted octanol–water partition coefficient (Wildman–Crippen LogP) is 4.01. The smallest absolute Gasteiger partial charge is 0.339 e. The number of nitrogens with zero attached hydrogens (tertiary/aromatic N) is 3. The van der Waals surface area contributed by atoms with Crippen molar-refractivity contribution >= 4 is 46.3 Å². The average Bonchev–Trinajstić information content (AvgIpc) is 2.70. The summed E-state index contributed by atoms with van der Waals surface area (Å²) in [5.41, 5.74) is 8.30. The molecular weight excluding hydrogens is 366 g/mol. The Balaban J connectivity index is 1.99. The summed E-state index contributed by atoms with van der Waals surface area (Å²) in [7, 11) is 3.10. The molecule has 8 heteroatoms. The van der Waals surface area contributed by atoms with Gasteiger partial charge in [0.1, 0.15) is 12.0 Å². The van der Waals surface area contributed by atoms with Crippen molar-refractivity contribution in [2.24, 2.45) is 0 Å². The van der Waals surface area contributed by atoms with Gasteiger partial charge in [-0.1, -0.05) is 35.9 Å². The summed E-state index contributed by atoms with van der Waals surface area (Å²) in [6, 6.07) is 14.3. The number of hydrogen-bond acceptors (Lipinski definition) is 7. The van der Waals surface area contributed by atoms with Crippen LogP contribution in [-0.4, -0.2) is 30.1 Å².